The Balaban J connectivity index is 1.94. The van der Waals surface area contributed by atoms with Crippen LogP contribution in [0.25, 0.3) is 5.69 Å². The Hall–Kier alpha value is -2.14. The maximum absolute atomic E-state index is 12.1. The van der Waals surface area contributed by atoms with Gasteiger partial charge in [-0.1, -0.05) is 18.2 Å². The average molecular weight is 300 g/mol. The molecule has 0 aliphatic rings. The van der Waals surface area contributed by atoms with Gasteiger partial charge in [0.15, 0.2) is 0 Å². The smallest absolute Gasteiger partial charge is 0.236 e. The van der Waals surface area contributed by atoms with Gasteiger partial charge in [-0.25, -0.2) is 4.68 Å². The number of amides is 1. The molecule has 22 heavy (non-hydrogen) atoms. The van der Waals surface area contributed by atoms with Gasteiger partial charge in [0.2, 0.25) is 5.91 Å². The van der Waals surface area contributed by atoms with Crippen LogP contribution >= 0.6 is 0 Å². The normalized spacial score (nSPS) is 10.9. The number of aromatic nitrogens is 2. The molecule has 0 atom stereocenters. The minimum Gasteiger partial charge on any atom is -0.342 e. The molecule has 0 bridgehead atoms. The Morgan fingerprint density at radius 3 is 2.50 bits per heavy atom. The van der Waals surface area contributed by atoms with Crippen LogP contribution in [0.15, 0.2) is 42.7 Å². The molecule has 1 aromatic carbocycles. The molecule has 1 aromatic heterocycles. The van der Waals surface area contributed by atoms with Gasteiger partial charge in [-0.3, -0.25) is 9.69 Å². The van der Waals surface area contributed by atoms with Crippen LogP contribution in [0, 0.1) is 0 Å². The Labute approximate surface area is 132 Å². The third-order valence-corrected chi connectivity index (χ3v) is 3.63. The lowest BCUT2D eigenvalue weighted by atomic mass is 10.3. The third-order valence-electron chi connectivity index (χ3n) is 3.63. The molecule has 0 radical (unpaired) electrons. The molecule has 5 heteroatoms. The van der Waals surface area contributed by atoms with Crippen LogP contribution in [0.1, 0.15) is 19.4 Å². The molecule has 0 aliphatic heterocycles. The van der Waals surface area contributed by atoms with E-state index in [-0.39, 0.29) is 5.91 Å². The van der Waals surface area contributed by atoms with Crippen LogP contribution in [0.4, 0.5) is 0 Å². The number of hydrogen-bond donors (Lipinski definition) is 0. The molecular formula is C17H24N4O. The summed E-state index contributed by atoms with van der Waals surface area (Å²) in [6.45, 7) is 6.67. The number of hydrogen-bond acceptors (Lipinski definition) is 3. The van der Waals surface area contributed by atoms with Gasteiger partial charge in [0.25, 0.3) is 0 Å². The van der Waals surface area contributed by atoms with Crippen molar-refractivity contribution in [1.82, 2.24) is 19.6 Å². The zero-order chi connectivity index (χ0) is 15.9. The number of nitrogens with zero attached hydrogens (tertiary/aromatic N) is 4. The molecule has 1 heterocycles. The standard InChI is InChI=1S/C17H24N4O/c1-4-20(5-2)17(22)14-19(3)12-15-11-18-21(13-15)16-9-7-6-8-10-16/h6-11,13H,4-5,12,14H2,1-3H3. The van der Waals surface area contributed by atoms with E-state index in [1.54, 1.807) is 0 Å². The second kappa shape index (κ2) is 7.75. The highest BCUT2D eigenvalue weighted by atomic mass is 16.2. The molecular weight excluding hydrogens is 276 g/mol. The Kier molecular flexibility index (Phi) is 5.72. The number of benzene rings is 1. The lowest BCUT2D eigenvalue weighted by Crippen LogP contribution is -2.38. The van der Waals surface area contributed by atoms with Gasteiger partial charge in [-0.15, -0.1) is 0 Å². The predicted octanol–water partition coefficient (Wildman–Crippen LogP) is 2.17. The van der Waals surface area contributed by atoms with Crippen molar-refractivity contribution in [3.8, 4) is 5.69 Å². The first-order chi connectivity index (χ1) is 10.6. The molecule has 0 saturated heterocycles. The van der Waals surface area contributed by atoms with E-state index in [0.29, 0.717) is 13.1 Å². The van der Waals surface area contributed by atoms with E-state index in [4.69, 9.17) is 0 Å². The highest BCUT2D eigenvalue weighted by Crippen LogP contribution is 2.09. The lowest BCUT2D eigenvalue weighted by molar-refractivity contribution is -0.131. The maximum atomic E-state index is 12.1. The van der Waals surface area contributed by atoms with Crippen LogP contribution in [0.2, 0.25) is 0 Å². The highest BCUT2D eigenvalue weighted by molar-refractivity contribution is 5.78. The van der Waals surface area contributed by atoms with Crippen LogP contribution in [0.3, 0.4) is 0 Å². The first-order valence-corrected chi connectivity index (χ1v) is 7.69. The zero-order valence-corrected chi connectivity index (χ0v) is 13.6. The van der Waals surface area contributed by atoms with Crippen molar-refractivity contribution < 1.29 is 4.79 Å². The summed E-state index contributed by atoms with van der Waals surface area (Å²) in [5, 5.41) is 4.38. The van der Waals surface area contributed by atoms with Gasteiger partial charge in [-0.2, -0.15) is 5.10 Å². The topological polar surface area (TPSA) is 41.4 Å². The van der Waals surface area contributed by atoms with E-state index in [1.165, 1.54) is 0 Å². The molecule has 0 aliphatic carbocycles. The Bertz CT molecular complexity index is 590. The van der Waals surface area contributed by atoms with Gasteiger partial charge >= 0.3 is 0 Å². The fraction of sp³-hybridized carbons (Fsp3) is 0.412. The molecule has 0 spiro atoms. The van der Waals surface area contributed by atoms with Crippen molar-refractivity contribution in [2.24, 2.45) is 0 Å². The number of likely N-dealkylation sites (N-methyl/N-ethyl adjacent to an activating group) is 2. The zero-order valence-electron chi connectivity index (χ0n) is 13.6. The third kappa shape index (κ3) is 4.18. The van der Waals surface area contributed by atoms with Crippen molar-refractivity contribution >= 4 is 5.91 Å². The Morgan fingerprint density at radius 2 is 1.86 bits per heavy atom. The van der Waals surface area contributed by atoms with Gasteiger partial charge in [0.05, 0.1) is 18.4 Å². The van der Waals surface area contributed by atoms with Crippen molar-refractivity contribution in [2.75, 3.05) is 26.7 Å². The number of rotatable bonds is 7. The van der Waals surface area contributed by atoms with Gasteiger partial charge in [-0.05, 0) is 33.0 Å². The van der Waals surface area contributed by atoms with Crippen molar-refractivity contribution in [3.05, 3.63) is 48.3 Å². The van der Waals surface area contributed by atoms with E-state index in [2.05, 4.69) is 5.10 Å². The van der Waals surface area contributed by atoms with Crippen molar-refractivity contribution in [3.63, 3.8) is 0 Å². The summed E-state index contributed by atoms with van der Waals surface area (Å²) in [6.07, 6.45) is 3.86. The SMILES string of the molecule is CCN(CC)C(=O)CN(C)Cc1cnn(-c2ccccc2)c1. The van der Waals surface area contributed by atoms with E-state index in [0.717, 1.165) is 24.3 Å². The summed E-state index contributed by atoms with van der Waals surface area (Å²) >= 11 is 0. The van der Waals surface area contributed by atoms with Gasteiger partial charge < -0.3 is 4.90 Å². The average Bonchev–Trinajstić information content (AvgIpc) is 2.97. The molecule has 118 valence electrons. The van der Waals surface area contributed by atoms with Crippen molar-refractivity contribution in [1.29, 1.82) is 0 Å². The van der Waals surface area contributed by atoms with Crippen LogP contribution < -0.4 is 0 Å². The summed E-state index contributed by atoms with van der Waals surface area (Å²) < 4.78 is 1.86. The summed E-state index contributed by atoms with van der Waals surface area (Å²) in [5.74, 6) is 0.169. The number of carbonyl (C=O) groups is 1. The second-order valence-electron chi connectivity index (χ2n) is 5.37. The summed E-state index contributed by atoms with van der Waals surface area (Å²) in [5.41, 5.74) is 2.13. The first-order valence-electron chi connectivity index (χ1n) is 7.69. The largest absolute Gasteiger partial charge is 0.342 e. The minimum absolute atomic E-state index is 0.169. The van der Waals surface area contributed by atoms with E-state index in [1.807, 2.05) is 78.1 Å². The first kappa shape index (κ1) is 16.2. The molecule has 0 N–H and O–H groups in total. The lowest BCUT2D eigenvalue weighted by Gasteiger charge is -2.22. The molecule has 5 nitrogen and oxygen atoms in total. The fourth-order valence-electron chi connectivity index (χ4n) is 2.44. The molecule has 1 amide bonds. The highest BCUT2D eigenvalue weighted by Gasteiger charge is 2.13. The van der Waals surface area contributed by atoms with Crippen LogP contribution in [-0.2, 0) is 11.3 Å². The van der Waals surface area contributed by atoms with E-state index < -0.39 is 0 Å². The van der Waals surface area contributed by atoms with E-state index >= 15 is 0 Å². The molecule has 0 unspecified atom stereocenters. The fourth-order valence-corrected chi connectivity index (χ4v) is 2.44. The summed E-state index contributed by atoms with van der Waals surface area (Å²) in [4.78, 5) is 16.0. The maximum Gasteiger partial charge on any atom is 0.236 e. The van der Waals surface area contributed by atoms with Crippen LogP contribution in [-0.4, -0.2) is 52.2 Å². The number of para-hydroxylation sites is 1. The summed E-state index contributed by atoms with van der Waals surface area (Å²) in [6, 6.07) is 10.0. The molecule has 2 aromatic rings. The molecule has 0 fully saturated rings. The predicted molar refractivity (Wildman–Crippen MR) is 87.8 cm³/mol. The Morgan fingerprint density at radius 1 is 1.18 bits per heavy atom. The van der Waals surface area contributed by atoms with Gasteiger partial charge in [0, 0.05) is 31.4 Å². The van der Waals surface area contributed by atoms with Gasteiger partial charge in [0.1, 0.15) is 0 Å². The monoisotopic (exact) mass is 300 g/mol. The summed E-state index contributed by atoms with van der Waals surface area (Å²) in [7, 11) is 1.96. The minimum atomic E-state index is 0.169. The van der Waals surface area contributed by atoms with E-state index in [9.17, 15) is 4.79 Å². The number of carbonyl (C=O) groups excluding carboxylic acids is 1. The molecule has 2 rings (SSSR count). The van der Waals surface area contributed by atoms with Crippen LogP contribution in [0.5, 0.6) is 0 Å². The quantitative estimate of drug-likeness (QED) is 0.787. The molecule has 0 saturated carbocycles. The second-order valence-corrected chi connectivity index (χ2v) is 5.37. The van der Waals surface area contributed by atoms with Crippen molar-refractivity contribution in [2.45, 2.75) is 20.4 Å².